The summed E-state index contributed by atoms with van der Waals surface area (Å²) < 4.78 is 0. The van der Waals surface area contributed by atoms with Gasteiger partial charge in [0, 0.05) is 0 Å². The minimum absolute atomic E-state index is 0.402. The fourth-order valence-electron chi connectivity index (χ4n) is 1.68. The van der Waals surface area contributed by atoms with Gasteiger partial charge in [-0.1, -0.05) is 0 Å². The number of unbranched alkanes of at least 4 members (excludes halogenated alkanes) is 3. The Kier molecular flexibility index (Phi) is 5.82. The van der Waals surface area contributed by atoms with Crippen molar-refractivity contribution >= 4 is 35.2 Å². The molecule has 1 rings (SSSR count). The summed E-state index contributed by atoms with van der Waals surface area (Å²) in [6.07, 6.45) is 7.85. The van der Waals surface area contributed by atoms with Crippen LogP contribution in [0.2, 0.25) is 0 Å². The van der Waals surface area contributed by atoms with E-state index in [1.54, 1.807) is 0 Å². The first-order chi connectivity index (χ1) is 7.16. The average Bonchev–Trinajstić information content (AvgIpc) is 2.54. The second kappa shape index (κ2) is 6.63. The molecule has 1 heterocycles. The van der Waals surface area contributed by atoms with Gasteiger partial charge in [0.25, 0.3) is 0 Å². The summed E-state index contributed by atoms with van der Waals surface area (Å²) in [6.45, 7) is 2.19. The minimum atomic E-state index is -0.691. The second-order valence-corrected chi connectivity index (χ2v) is 10.0. The van der Waals surface area contributed by atoms with E-state index < -0.39 is 14.0 Å². The molecule has 15 heavy (non-hydrogen) atoms. The van der Waals surface area contributed by atoms with Crippen molar-refractivity contribution < 1.29 is 9.90 Å². The summed E-state index contributed by atoms with van der Waals surface area (Å²) in [5, 5.41) is 11.2. The Balaban J connectivity index is 2.51. The van der Waals surface area contributed by atoms with Crippen LogP contribution in [0.1, 0.15) is 39.0 Å². The third-order valence-corrected chi connectivity index (χ3v) is 7.65. The van der Waals surface area contributed by atoms with Crippen molar-refractivity contribution in [2.75, 3.05) is 0 Å². The van der Waals surface area contributed by atoms with E-state index in [1.165, 1.54) is 19.3 Å². The Hall–Kier alpha value is 0.0987. The third-order valence-electron chi connectivity index (χ3n) is 2.50. The first kappa shape index (κ1) is 13.2. The molecule has 0 aromatic rings. The summed E-state index contributed by atoms with van der Waals surface area (Å²) in [6, 6.07) is 0. The molecule has 1 atom stereocenters. The van der Waals surface area contributed by atoms with Gasteiger partial charge in [0.15, 0.2) is 0 Å². The normalized spacial score (nSPS) is 22.4. The number of allylic oxidation sites excluding steroid dienone is 2. The van der Waals surface area contributed by atoms with E-state index in [0.717, 1.165) is 44.5 Å². The van der Waals surface area contributed by atoms with Gasteiger partial charge < -0.3 is 0 Å². The van der Waals surface area contributed by atoms with Gasteiger partial charge in [-0.05, 0) is 0 Å². The molecule has 0 aromatic carbocycles. The zero-order valence-electron chi connectivity index (χ0n) is 9.07. The topological polar surface area (TPSA) is 37.3 Å². The van der Waals surface area contributed by atoms with Crippen molar-refractivity contribution in [3.63, 3.8) is 0 Å². The van der Waals surface area contributed by atoms with Gasteiger partial charge >= 0.3 is 106 Å². The number of thiol groups is 1. The van der Waals surface area contributed by atoms with Crippen molar-refractivity contribution in [1.82, 2.24) is 0 Å². The van der Waals surface area contributed by atoms with Crippen LogP contribution in [0.25, 0.3) is 0 Å². The van der Waals surface area contributed by atoms with Gasteiger partial charge in [0.1, 0.15) is 0 Å². The molecule has 0 bridgehead atoms. The van der Waals surface area contributed by atoms with Crippen molar-refractivity contribution in [2.45, 2.75) is 39.0 Å². The molecule has 4 heteroatoms. The molecule has 1 aliphatic heterocycles. The van der Waals surface area contributed by atoms with E-state index in [4.69, 9.17) is 5.11 Å². The number of hydrogen-bond acceptors (Lipinski definition) is 1. The molecule has 0 aromatic heterocycles. The molecular weight excluding hydrogens is 315 g/mol. The SMILES string of the molecule is CCCCCCC1=C(C(=O)O)[SH]([SnH])C=C1. The molecular formula is C11H18O2SSn. The fraction of sp³-hybridized carbons (Fsp3) is 0.545. The molecule has 0 spiro atoms. The number of carboxylic acid groups (broad SMARTS) is 1. The maximum absolute atomic E-state index is 11.1. The van der Waals surface area contributed by atoms with Gasteiger partial charge in [0.2, 0.25) is 0 Å². The first-order valence-electron chi connectivity index (χ1n) is 5.35. The molecule has 84 valence electrons. The second-order valence-electron chi connectivity index (χ2n) is 3.71. The maximum atomic E-state index is 11.1. The molecule has 2 radical (unpaired) electrons. The number of rotatable bonds is 6. The Labute approximate surface area is 106 Å². The third kappa shape index (κ3) is 3.87. The van der Waals surface area contributed by atoms with Crippen LogP contribution < -0.4 is 0 Å². The van der Waals surface area contributed by atoms with Crippen LogP contribution in [0.5, 0.6) is 0 Å². The van der Waals surface area contributed by atoms with Gasteiger partial charge in [-0.2, -0.15) is 0 Å². The van der Waals surface area contributed by atoms with Gasteiger partial charge in [-0.3, -0.25) is 0 Å². The summed E-state index contributed by atoms with van der Waals surface area (Å²) in [5.74, 6) is -0.691. The Bertz CT molecular complexity index is 297. The summed E-state index contributed by atoms with van der Waals surface area (Å²) >= 11 is 1.04. The van der Waals surface area contributed by atoms with Crippen LogP contribution in [-0.4, -0.2) is 32.2 Å². The molecule has 0 saturated carbocycles. The zero-order valence-corrected chi connectivity index (χ0v) is 13.3. The van der Waals surface area contributed by atoms with Crippen LogP contribution in [-0.2, 0) is 4.79 Å². The Morgan fingerprint density at radius 3 is 2.80 bits per heavy atom. The molecule has 1 aliphatic rings. The molecule has 0 aliphatic carbocycles. The van der Waals surface area contributed by atoms with Crippen LogP contribution in [0.3, 0.4) is 0 Å². The van der Waals surface area contributed by atoms with E-state index in [1.807, 2.05) is 6.08 Å². The molecule has 1 N–H and O–H groups in total. The van der Waals surface area contributed by atoms with Crippen molar-refractivity contribution in [3.05, 3.63) is 22.0 Å². The summed E-state index contributed by atoms with van der Waals surface area (Å²) in [4.78, 5) is 11.8. The van der Waals surface area contributed by atoms with Gasteiger partial charge in [-0.15, -0.1) is 0 Å². The Morgan fingerprint density at radius 2 is 2.20 bits per heavy atom. The van der Waals surface area contributed by atoms with Gasteiger partial charge in [0.05, 0.1) is 0 Å². The number of carbonyl (C=O) groups is 1. The molecule has 0 fully saturated rings. The van der Waals surface area contributed by atoms with Crippen LogP contribution in [0, 0.1) is 0 Å². The number of carboxylic acids is 1. The van der Waals surface area contributed by atoms with E-state index in [2.05, 4.69) is 12.3 Å². The monoisotopic (exact) mass is 334 g/mol. The van der Waals surface area contributed by atoms with Crippen molar-refractivity contribution in [1.29, 1.82) is 0 Å². The zero-order chi connectivity index (χ0) is 11.3. The molecule has 0 saturated heterocycles. The molecule has 2 nitrogen and oxygen atoms in total. The van der Waals surface area contributed by atoms with E-state index in [9.17, 15) is 4.79 Å². The van der Waals surface area contributed by atoms with E-state index in [0.29, 0.717) is 0 Å². The standard InChI is InChI=1S/C11H16O2S.Sn.H/c1-2-3-4-5-6-9-7-8-14-10(9)11(12)13;;/h7-8H,2-6H2,1H3,(H,12,13);;/q;-1;/p+1. The van der Waals surface area contributed by atoms with E-state index in [-0.39, 0.29) is 0 Å². The predicted octanol–water partition coefficient (Wildman–Crippen LogP) is 2.64. The average molecular weight is 333 g/mol. The van der Waals surface area contributed by atoms with Crippen LogP contribution in [0.4, 0.5) is 0 Å². The van der Waals surface area contributed by atoms with Gasteiger partial charge in [-0.25, -0.2) is 0 Å². The fourth-order valence-corrected chi connectivity index (χ4v) is 6.01. The molecule has 1 unspecified atom stereocenters. The summed E-state index contributed by atoms with van der Waals surface area (Å²) in [5.41, 5.74) is 1.09. The van der Waals surface area contributed by atoms with Crippen LogP contribution in [0.15, 0.2) is 22.0 Å². The Morgan fingerprint density at radius 1 is 1.47 bits per heavy atom. The van der Waals surface area contributed by atoms with Crippen molar-refractivity contribution in [3.8, 4) is 0 Å². The van der Waals surface area contributed by atoms with Crippen molar-refractivity contribution in [2.24, 2.45) is 0 Å². The predicted molar refractivity (Wildman–Crippen MR) is 68.7 cm³/mol. The van der Waals surface area contributed by atoms with E-state index >= 15 is 0 Å². The quantitative estimate of drug-likeness (QED) is 0.446. The summed E-state index contributed by atoms with van der Waals surface area (Å²) in [7, 11) is -0.402. The number of hydrogen-bond donors (Lipinski definition) is 2. The number of aliphatic carboxylic acids is 1. The van der Waals surface area contributed by atoms with Crippen LogP contribution >= 0.6 is 8.08 Å². The molecule has 0 amide bonds. The first-order valence-corrected chi connectivity index (χ1v) is 11.3.